The highest BCUT2D eigenvalue weighted by atomic mass is 14.7. The van der Waals surface area contributed by atoms with E-state index in [0.29, 0.717) is 0 Å². The lowest BCUT2D eigenvalue weighted by molar-refractivity contribution is 0.628. The molecule has 0 spiro atoms. The summed E-state index contributed by atoms with van der Waals surface area (Å²) in [6, 6.07) is 8.75. The molecular formula is C15H19N. The number of hydrogen-bond acceptors (Lipinski definition) is 0. The highest BCUT2D eigenvalue weighted by molar-refractivity contribution is 5.84. The van der Waals surface area contributed by atoms with Crippen molar-refractivity contribution in [2.24, 2.45) is 0 Å². The summed E-state index contributed by atoms with van der Waals surface area (Å²) in [6.07, 6.45) is 9.42. The number of fused-ring (bicyclic) bond motifs is 3. The van der Waals surface area contributed by atoms with E-state index in [1.54, 1.807) is 5.56 Å². The van der Waals surface area contributed by atoms with Gasteiger partial charge in [0.25, 0.3) is 0 Å². The summed E-state index contributed by atoms with van der Waals surface area (Å²) in [5, 5.41) is 1.46. The number of aromatic amines is 1. The zero-order valence-corrected chi connectivity index (χ0v) is 9.76. The van der Waals surface area contributed by atoms with Gasteiger partial charge in [0, 0.05) is 16.6 Å². The molecule has 3 rings (SSSR count). The van der Waals surface area contributed by atoms with Crippen LogP contribution >= 0.6 is 0 Å². The Hall–Kier alpha value is -1.24. The van der Waals surface area contributed by atoms with Gasteiger partial charge >= 0.3 is 0 Å². The van der Waals surface area contributed by atoms with Gasteiger partial charge in [-0.1, -0.05) is 37.5 Å². The molecule has 0 aliphatic heterocycles. The number of rotatable bonds is 0. The molecular weight excluding hydrogens is 194 g/mol. The second-order valence-corrected chi connectivity index (χ2v) is 4.90. The van der Waals surface area contributed by atoms with Crippen LogP contribution in [0.3, 0.4) is 0 Å². The molecule has 1 heterocycles. The van der Waals surface area contributed by atoms with E-state index in [9.17, 15) is 0 Å². The van der Waals surface area contributed by atoms with E-state index in [-0.39, 0.29) is 0 Å². The molecule has 0 saturated heterocycles. The lowest BCUT2D eigenvalue weighted by Gasteiger charge is -2.01. The summed E-state index contributed by atoms with van der Waals surface area (Å²) in [5.74, 6) is 0. The van der Waals surface area contributed by atoms with E-state index in [0.717, 1.165) is 0 Å². The Kier molecular flexibility index (Phi) is 2.69. The Labute approximate surface area is 96.9 Å². The third-order valence-corrected chi connectivity index (χ3v) is 3.76. The number of nitrogens with one attached hydrogen (secondary N) is 1. The molecule has 0 atom stereocenters. The summed E-state index contributed by atoms with van der Waals surface area (Å²) in [4.78, 5) is 3.61. The van der Waals surface area contributed by atoms with Gasteiger partial charge in [-0.25, -0.2) is 0 Å². The van der Waals surface area contributed by atoms with E-state index in [1.807, 2.05) is 0 Å². The Bertz CT molecular complexity index is 481. The summed E-state index contributed by atoms with van der Waals surface area (Å²) < 4.78 is 0. The number of hydrogen-bond donors (Lipinski definition) is 1. The summed E-state index contributed by atoms with van der Waals surface area (Å²) >= 11 is 0. The van der Waals surface area contributed by atoms with Gasteiger partial charge in [0.05, 0.1) is 0 Å². The fourth-order valence-corrected chi connectivity index (χ4v) is 2.89. The fraction of sp³-hybridized carbons (Fsp3) is 0.467. The first-order chi connectivity index (χ1) is 7.95. The predicted molar refractivity (Wildman–Crippen MR) is 68.8 cm³/mol. The van der Waals surface area contributed by atoms with Gasteiger partial charge in [0.1, 0.15) is 0 Å². The van der Waals surface area contributed by atoms with Crippen LogP contribution in [0.15, 0.2) is 24.3 Å². The van der Waals surface area contributed by atoms with Crippen molar-refractivity contribution < 1.29 is 0 Å². The minimum absolute atomic E-state index is 1.24. The van der Waals surface area contributed by atoms with Crippen molar-refractivity contribution in [3.63, 3.8) is 0 Å². The fourth-order valence-electron chi connectivity index (χ4n) is 2.89. The molecule has 1 aromatic heterocycles. The monoisotopic (exact) mass is 213 g/mol. The average Bonchev–Trinajstić information content (AvgIpc) is 2.69. The maximum Gasteiger partial charge on any atom is 0.0458 e. The van der Waals surface area contributed by atoms with E-state index >= 15 is 0 Å². The first-order valence-electron chi connectivity index (χ1n) is 6.53. The van der Waals surface area contributed by atoms with Gasteiger partial charge in [0.15, 0.2) is 0 Å². The van der Waals surface area contributed by atoms with Crippen LogP contribution in [0.2, 0.25) is 0 Å². The van der Waals surface area contributed by atoms with Crippen molar-refractivity contribution in [2.75, 3.05) is 0 Å². The maximum absolute atomic E-state index is 3.61. The molecule has 1 N–H and O–H groups in total. The topological polar surface area (TPSA) is 15.8 Å². The highest BCUT2D eigenvalue weighted by Gasteiger charge is 2.11. The largest absolute Gasteiger partial charge is 0.358 e. The van der Waals surface area contributed by atoms with Gasteiger partial charge in [-0.05, 0) is 37.3 Å². The zero-order valence-electron chi connectivity index (χ0n) is 9.76. The lowest BCUT2D eigenvalue weighted by atomic mass is 10.0. The van der Waals surface area contributed by atoms with E-state index in [1.165, 1.54) is 61.5 Å². The maximum atomic E-state index is 3.61. The summed E-state index contributed by atoms with van der Waals surface area (Å²) in [5.41, 5.74) is 4.42. The van der Waals surface area contributed by atoms with E-state index in [4.69, 9.17) is 0 Å². The Balaban J connectivity index is 2.07. The molecule has 2 aromatic rings. The number of para-hydroxylation sites is 1. The third-order valence-electron chi connectivity index (χ3n) is 3.76. The predicted octanol–water partition coefficient (Wildman–Crippen LogP) is 4.22. The molecule has 1 aromatic carbocycles. The van der Waals surface area contributed by atoms with Crippen LogP contribution < -0.4 is 0 Å². The first-order valence-corrected chi connectivity index (χ1v) is 6.53. The Morgan fingerprint density at radius 1 is 0.812 bits per heavy atom. The Morgan fingerprint density at radius 3 is 2.50 bits per heavy atom. The molecule has 0 radical (unpaired) electrons. The van der Waals surface area contributed by atoms with Gasteiger partial charge in [-0.15, -0.1) is 0 Å². The number of benzene rings is 1. The van der Waals surface area contributed by atoms with Crippen molar-refractivity contribution in [3.8, 4) is 0 Å². The first kappa shape index (κ1) is 9.95. The molecule has 1 nitrogen and oxygen atoms in total. The second kappa shape index (κ2) is 4.32. The molecule has 0 amide bonds. The van der Waals surface area contributed by atoms with E-state index < -0.39 is 0 Å². The van der Waals surface area contributed by atoms with Crippen LogP contribution in [0.5, 0.6) is 0 Å². The van der Waals surface area contributed by atoms with Crippen LogP contribution in [0, 0.1) is 0 Å². The SMILES string of the molecule is c1ccc2c3c([nH]c2c1)CCCCCCC3. The number of aromatic nitrogens is 1. The number of aryl methyl sites for hydroxylation is 2. The zero-order chi connectivity index (χ0) is 10.8. The summed E-state index contributed by atoms with van der Waals surface area (Å²) in [6.45, 7) is 0. The molecule has 1 heteroatoms. The van der Waals surface area contributed by atoms with Crippen molar-refractivity contribution in [2.45, 2.75) is 44.9 Å². The average molecular weight is 213 g/mol. The number of H-pyrrole nitrogens is 1. The van der Waals surface area contributed by atoms with Gasteiger partial charge in [0.2, 0.25) is 0 Å². The van der Waals surface area contributed by atoms with Crippen molar-refractivity contribution >= 4 is 10.9 Å². The molecule has 1 aliphatic rings. The van der Waals surface area contributed by atoms with Crippen molar-refractivity contribution in [1.29, 1.82) is 0 Å². The highest BCUT2D eigenvalue weighted by Crippen LogP contribution is 2.27. The Morgan fingerprint density at radius 2 is 1.56 bits per heavy atom. The molecule has 0 saturated carbocycles. The summed E-state index contributed by atoms with van der Waals surface area (Å²) in [7, 11) is 0. The van der Waals surface area contributed by atoms with Crippen molar-refractivity contribution in [1.82, 2.24) is 4.98 Å². The molecule has 0 bridgehead atoms. The van der Waals surface area contributed by atoms with Gasteiger partial charge in [-0.2, -0.15) is 0 Å². The molecule has 0 unspecified atom stereocenters. The molecule has 0 fully saturated rings. The lowest BCUT2D eigenvalue weighted by Crippen LogP contribution is -1.90. The normalized spacial score (nSPS) is 17.5. The van der Waals surface area contributed by atoms with Gasteiger partial charge < -0.3 is 4.98 Å². The van der Waals surface area contributed by atoms with Crippen LogP contribution in [0.4, 0.5) is 0 Å². The van der Waals surface area contributed by atoms with Crippen LogP contribution in [-0.2, 0) is 12.8 Å². The van der Waals surface area contributed by atoms with E-state index in [2.05, 4.69) is 29.2 Å². The minimum atomic E-state index is 1.24. The third kappa shape index (κ3) is 1.75. The van der Waals surface area contributed by atoms with Crippen LogP contribution in [0.25, 0.3) is 10.9 Å². The second-order valence-electron chi connectivity index (χ2n) is 4.90. The van der Waals surface area contributed by atoms with Crippen LogP contribution in [-0.4, -0.2) is 4.98 Å². The standard InChI is InChI=1S/C15H19N/c1-2-4-8-12-13-9-6-7-11-15(13)16-14(12)10-5-3-1/h6-7,9,11,16H,1-5,8,10H2. The minimum Gasteiger partial charge on any atom is -0.358 e. The molecule has 16 heavy (non-hydrogen) atoms. The molecule has 1 aliphatic carbocycles. The molecule has 84 valence electrons. The van der Waals surface area contributed by atoms with Gasteiger partial charge in [-0.3, -0.25) is 0 Å². The van der Waals surface area contributed by atoms with Crippen molar-refractivity contribution in [3.05, 3.63) is 35.5 Å². The van der Waals surface area contributed by atoms with Crippen LogP contribution in [0.1, 0.15) is 43.4 Å². The quantitative estimate of drug-likeness (QED) is 0.674. The smallest absolute Gasteiger partial charge is 0.0458 e.